The van der Waals surface area contributed by atoms with Crippen molar-refractivity contribution in [3.05, 3.63) is 0 Å². The quantitative estimate of drug-likeness (QED) is 0.168. The largest absolute Gasteiger partial charge is 0.466 e. The third kappa shape index (κ3) is 15.4. The van der Waals surface area contributed by atoms with Crippen LogP contribution in [-0.4, -0.2) is 25.2 Å². The Morgan fingerprint density at radius 1 is 0.724 bits per heavy atom. The van der Waals surface area contributed by atoms with E-state index in [4.69, 9.17) is 9.47 Å². The third-order valence-electron chi connectivity index (χ3n) is 6.08. The highest BCUT2D eigenvalue weighted by atomic mass is 16.5. The molecule has 0 fully saturated rings. The van der Waals surface area contributed by atoms with E-state index in [2.05, 4.69) is 27.7 Å². The zero-order chi connectivity index (χ0) is 21.9. The van der Waals surface area contributed by atoms with E-state index in [9.17, 15) is 9.59 Å². The molecule has 0 aliphatic heterocycles. The summed E-state index contributed by atoms with van der Waals surface area (Å²) in [6.07, 6.45) is 13.0. The van der Waals surface area contributed by atoms with Gasteiger partial charge in [0, 0.05) is 12.8 Å². The summed E-state index contributed by atoms with van der Waals surface area (Å²) in [6, 6.07) is 0. The molecule has 0 N–H and O–H groups in total. The molecule has 3 unspecified atom stereocenters. The van der Waals surface area contributed by atoms with Crippen LogP contribution in [0.1, 0.15) is 118 Å². The van der Waals surface area contributed by atoms with Gasteiger partial charge in [-0.25, -0.2) is 0 Å². The minimum absolute atomic E-state index is 0.0113. The van der Waals surface area contributed by atoms with Crippen molar-refractivity contribution in [1.82, 2.24) is 0 Å². The summed E-state index contributed by atoms with van der Waals surface area (Å²) in [6.45, 7) is 11.8. The number of carbonyl (C=O) groups excluding carboxylic acids is 2. The molecule has 4 heteroatoms. The number of carbonyl (C=O) groups is 2. The van der Waals surface area contributed by atoms with Crippen LogP contribution in [0.5, 0.6) is 0 Å². The van der Waals surface area contributed by atoms with Crippen molar-refractivity contribution in [2.24, 2.45) is 17.8 Å². The number of hydrogen-bond donors (Lipinski definition) is 0. The van der Waals surface area contributed by atoms with E-state index in [1.165, 1.54) is 38.5 Å². The summed E-state index contributed by atoms with van der Waals surface area (Å²) in [5.41, 5.74) is 0. The van der Waals surface area contributed by atoms with Crippen LogP contribution in [0, 0.1) is 17.8 Å². The van der Waals surface area contributed by atoms with Gasteiger partial charge in [0.1, 0.15) is 0 Å². The summed E-state index contributed by atoms with van der Waals surface area (Å²) in [4.78, 5) is 24.4. The predicted octanol–water partition coefficient (Wildman–Crippen LogP) is 7.09. The molecule has 0 amide bonds. The Labute approximate surface area is 180 Å². The first-order valence-electron chi connectivity index (χ1n) is 12.3. The molecule has 0 heterocycles. The molecule has 0 spiro atoms. The second-order valence-electron chi connectivity index (χ2n) is 8.64. The summed E-state index contributed by atoms with van der Waals surface area (Å²) in [5.74, 6) is 0.654. The van der Waals surface area contributed by atoms with Crippen molar-refractivity contribution in [3.63, 3.8) is 0 Å². The van der Waals surface area contributed by atoms with Gasteiger partial charge >= 0.3 is 11.9 Å². The van der Waals surface area contributed by atoms with E-state index in [0.29, 0.717) is 37.9 Å². The van der Waals surface area contributed by atoms with E-state index in [1.54, 1.807) is 0 Å². The molecule has 0 saturated carbocycles. The lowest BCUT2D eigenvalue weighted by molar-refractivity contribution is -0.148. The lowest BCUT2D eigenvalue weighted by Gasteiger charge is -2.23. The van der Waals surface area contributed by atoms with Crippen molar-refractivity contribution in [2.45, 2.75) is 118 Å². The molecule has 172 valence electrons. The van der Waals surface area contributed by atoms with Gasteiger partial charge in [-0.3, -0.25) is 9.59 Å². The average Bonchev–Trinajstić information content (AvgIpc) is 2.72. The molecule has 29 heavy (non-hydrogen) atoms. The van der Waals surface area contributed by atoms with Crippen molar-refractivity contribution >= 4 is 11.9 Å². The molecule has 0 aromatic rings. The summed E-state index contributed by atoms with van der Waals surface area (Å²) in [7, 11) is 0. The SMILES string of the molecule is CCCCCCCCOC(=O)CC(CC)CC(=O)OCC(CCCC)C(C)CC. The van der Waals surface area contributed by atoms with E-state index >= 15 is 0 Å². The lowest BCUT2D eigenvalue weighted by Crippen LogP contribution is -2.22. The Balaban J connectivity index is 4.12. The van der Waals surface area contributed by atoms with Gasteiger partial charge < -0.3 is 9.47 Å². The maximum Gasteiger partial charge on any atom is 0.306 e. The average molecular weight is 413 g/mol. The molecule has 3 atom stereocenters. The minimum Gasteiger partial charge on any atom is -0.466 e. The molecule has 0 aliphatic rings. The maximum absolute atomic E-state index is 12.3. The number of ether oxygens (including phenoxy) is 2. The lowest BCUT2D eigenvalue weighted by atomic mass is 9.88. The minimum atomic E-state index is -0.182. The van der Waals surface area contributed by atoms with E-state index < -0.39 is 0 Å². The normalized spacial score (nSPS) is 14.2. The van der Waals surface area contributed by atoms with Crippen molar-refractivity contribution < 1.29 is 19.1 Å². The molecule has 4 nitrogen and oxygen atoms in total. The van der Waals surface area contributed by atoms with Gasteiger partial charge in [-0.05, 0) is 30.6 Å². The predicted molar refractivity (Wildman–Crippen MR) is 121 cm³/mol. The van der Waals surface area contributed by atoms with Gasteiger partial charge in [-0.1, -0.05) is 92.4 Å². The van der Waals surface area contributed by atoms with Crippen LogP contribution in [0.4, 0.5) is 0 Å². The highest BCUT2D eigenvalue weighted by Gasteiger charge is 2.21. The Bertz CT molecular complexity index is 408. The van der Waals surface area contributed by atoms with Gasteiger partial charge in [0.25, 0.3) is 0 Å². The molecule has 0 aromatic carbocycles. The monoisotopic (exact) mass is 412 g/mol. The standard InChI is InChI=1S/C25H48O4/c1-6-10-12-13-14-15-17-28-24(26)18-22(9-4)19-25(27)29-20-23(16-11-7-2)21(5)8-3/h21-23H,6-20H2,1-5H3. The first-order valence-corrected chi connectivity index (χ1v) is 12.3. The number of rotatable bonds is 19. The number of hydrogen-bond acceptors (Lipinski definition) is 4. The first-order chi connectivity index (χ1) is 14.0. The van der Waals surface area contributed by atoms with E-state index in [0.717, 1.165) is 32.1 Å². The molecule has 0 aromatic heterocycles. The van der Waals surface area contributed by atoms with Crippen molar-refractivity contribution in [3.8, 4) is 0 Å². The van der Waals surface area contributed by atoms with Crippen molar-refractivity contribution in [2.75, 3.05) is 13.2 Å². The molecule has 0 bridgehead atoms. The van der Waals surface area contributed by atoms with Crippen LogP contribution in [0.3, 0.4) is 0 Å². The second kappa shape index (κ2) is 18.9. The molecular weight excluding hydrogens is 364 g/mol. The fraction of sp³-hybridized carbons (Fsp3) is 0.920. The van der Waals surface area contributed by atoms with E-state index in [1.807, 2.05) is 6.92 Å². The number of unbranched alkanes of at least 4 members (excludes halogenated alkanes) is 6. The van der Waals surface area contributed by atoms with Crippen molar-refractivity contribution in [1.29, 1.82) is 0 Å². The molecule has 0 rings (SSSR count). The van der Waals surface area contributed by atoms with Crippen LogP contribution in [0.25, 0.3) is 0 Å². The Kier molecular flexibility index (Phi) is 18.2. The Hall–Kier alpha value is -1.06. The van der Waals surface area contributed by atoms with Gasteiger partial charge in [0.2, 0.25) is 0 Å². The van der Waals surface area contributed by atoms with Gasteiger partial charge in [0.15, 0.2) is 0 Å². The van der Waals surface area contributed by atoms with Crippen LogP contribution < -0.4 is 0 Å². The zero-order valence-electron chi connectivity index (χ0n) is 20.0. The Morgan fingerprint density at radius 2 is 1.31 bits per heavy atom. The molecular formula is C25H48O4. The van der Waals surface area contributed by atoms with Crippen LogP contribution in [0.2, 0.25) is 0 Å². The van der Waals surface area contributed by atoms with E-state index in [-0.39, 0.29) is 17.9 Å². The van der Waals surface area contributed by atoms with Crippen LogP contribution >= 0.6 is 0 Å². The second-order valence-corrected chi connectivity index (χ2v) is 8.64. The topological polar surface area (TPSA) is 52.6 Å². The highest BCUT2D eigenvalue weighted by molar-refractivity contribution is 5.73. The van der Waals surface area contributed by atoms with Crippen LogP contribution in [0.15, 0.2) is 0 Å². The Morgan fingerprint density at radius 3 is 1.90 bits per heavy atom. The summed E-state index contributed by atoms with van der Waals surface area (Å²) in [5, 5.41) is 0. The van der Waals surface area contributed by atoms with Gasteiger partial charge in [-0.15, -0.1) is 0 Å². The summed E-state index contributed by atoms with van der Waals surface area (Å²) >= 11 is 0. The van der Waals surface area contributed by atoms with Gasteiger partial charge in [0.05, 0.1) is 13.2 Å². The molecule has 0 radical (unpaired) electrons. The fourth-order valence-electron chi connectivity index (χ4n) is 3.55. The molecule has 0 saturated heterocycles. The van der Waals surface area contributed by atoms with Gasteiger partial charge in [-0.2, -0.15) is 0 Å². The smallest absolute Gasteiger partial charge is 0.306 e. The fourth-order valence-corrected chi connectivity index (χ4v) is 3.55. The third-order valence-corrected chi connectivity index (χ3v) is 6.08. The summed E-state index contributed by atoms with van der Waals surface area (Å²) < 4.78 is 11.0. The number of esters is 2. The highest BCUT2D eigenvalue weighted by Crippen LogP contribution is 2.23. The van der Waals surface area contributed by atoms with Crippen LogP contribution in [-0.2, 0) is 19.1 Å². The molecule has 0 aliphatic carbocycles. The maximum atomic E-state index is 12.3. The first kappa shape index (κ1) is 27.9. The zero-order valence-corrected chi connectivity index (χ0v) is 20.0.